The van der Waals surface area contributed by atoms with Crippen LogP contribution in [-0.4, -0.2) is 23.0 Å². The summed E-state index contributed by atoms with van der Waals surface area (Å²) >= 11 is 3.42. The highest BCUT2D eigenvalue weighted by Gasteiger charge is 2.16. The van der Waals surface area contributed by atoms with Gasteiger partial charge in [-0.15, -0.1) is 0 Å². The molecule has 8 heteroatoms. The van der Waals surface area contributed by atoms with Gasteiger partial charge >= 0.3 is 0 Å². The van der Waals surface area contributed by atoms with Gasteiger partial charge in [0.15, 0.2) is 11.5 Å². The van der Waals surface area contributed by atoms with Crippen LogP contribution in [0, 0.1) is 5.82 Å². The van der Waals surface area contributed by atoms with Crippen molar-refractivity contribution in [3.05, 3.63) is 98.3 Å². The van der Waals surface area contributed by atoms with Crippen molar-refractivity contribution >= 4 is 33.0 Å². The van der Waals surface area contributed by atoms with Gasteiger partial charge in [0.05, 0.1) is 24.2 Å². The fraction of sp³-hybridized carbons (Fsp3) is 0.222. The lowest BCUT2D eigenvalue weighted by molar-refractivity contribution is 0.279. The van der Waals surface area contributed by atoms with E-state index in [1.54, 1.807) is 42.5 Å². The highest BCUT2D eigenvalue weighted by Crippen LogP contribution is 2.31. The maximum absolute atomic E-state index is 14.1. The lowest BCUT2D eigenvalue weighted by Crippen LogP contribution is -2.23. The summed E-state index contributed by atoms with van der Waals surface area (Å²) in [4.78, 5) is 18.1. The standard InChI is InChI=1S/C27H25BrFN3O3/c1-4-17(2)26-31-23-13-12-20(28)14-21(23)27(33)32(26)30-15-18-9-7-11-24(34-3)25(18)35-16-19-8-5-6-10-22(19)29/h5-15,17H,4,16H2,1-3H3/t17-/m0/s1. The van der Waals surface area contributed by atoms with Crippen molar-refractivity contribution in [1.82, 2.24) is 9.66 Å². The quantitative estimate of drug-likeness (QED) is 0.248. The van der Waals surface area contributed by atoms with Crippen LogP contribution in [0.3, 0.4) is 0 Å². The Morgan fingerprint density at radius 2 is 1.97 bits per heavy atom. The molecule has 35 heavy (non-hydrogen) atoms. The Labute approximate surface area is 211 Å². The summed E-state index contributed by atoms with van der Waals surface area (Å²) in [7, 11) is 1.53. The molecule has 0 amide bonds. The molecule has 3 aromatic carbocycles. The summed E-state index contributed by atoms with van der Waals surface area (Å²) in [5.41, 5.74) is 1.35. The summed E-state index contributed by atoms with van der Waals surface area (Å²) in [5.74, 6) is 1.10. The molecule has 0 aliphatic heterocycles. The van der Waals surface area contributed by atoms with E-state index >= 15 is 0 Å². The molecule has 4 rings (SSSR count). The summed E-state index contributed by atoms with van der Waals surface area (Å²) in [5, 5.41) is 4.99. The van der Waals surface area contributed by atoms with Crippen LogP contribution >= 0.6 is 15.9 Å². The number of hydrogen-bond donors (Lipinski definition) is 0. The molecule has 0 aliphatic rings. The van der Waals surface area contributed by atoms with E-state index in [-0.39, 0.29) is 23.9 Å². The van der Waals surface area contributed by atoms with E-state index in [1.165, 1.54) is 24.1 Å². The average molecular weight is 538 g/mol. The van der Waals surface area contributed by atoms with Gasteiger partial charge in [-0.05, 0) is 42.8 Å². The van der Waals surface area contributed by atoms with E-state index < -0.39 is 0 Å². The molecule has 0 radical (unpaired) electrons. The van der Waals surface area contributed by atoms with Gasteiger partial charge in [0.1, 0.15) is 18.2 Å². The van der Waals surface area contributed by atoms with Crippen LogP contribution in [-0.2, 0) is 6.61 Å². The first-order valence-electron chi connectivity index (χ1n) is 11.2. The number of benzene rings is 3. The van der Waals surface area contributed by atoms with Crippen molar-refractivity contribution in [3.63, 3.8) is 0 Å². The van der Waals surface area contributed by atoms with Crippen LogP contribution in [0.1, 0.15) is 43.1 Å². The number of ether oxygens (including phenoxy) is 2. The Balaban J connectivity index is 1.78. The molecule has 4 aromatic rings. The first kappa shape index (κ1) is 24.6. The number of para-hydroxylation sites is 1. The largest absolute Gasteiger partial charge is 0.493 e. The molecular formula is C27H25BrFN3O3. The molecule has 0 saturated heterocycles. The van der Waals surface area contributed by atoms with E-state index in [2.05, 4.69) is 21.0 Å². The van der Waals surface area contributed by atoms with Crippen LogP contribution in [0.4, 0.5) is 4.39 Å². The predicted molar refractivity (Wildman–Crippen MR) is 139 cm³/mol. The van der Waals surface area contributed by atoms with Crippen molar-refractivity contribution in [2.75, 3.05) is 7.11 Å². The van der Waals surface area contributed by atoms with Crippen molar-refractivity contribution in [2.24, 2.45) is 5.10 Å². The SMILES string of the molecule is CC[C@H](C)c1nc2ccc(Br)cc2c(=O)n1N=Cc1cccc(OC)c1OCc1ccccc1F. The lowest BCUT2D eigenvalue weighted by atomic mass is 10.1. The minimum Gasteiger partial charge on any atom is -0.493 e. The van der Waals surface area contributed by atoms with Crippen LogP contribution in [0.5, 0.6) is 11.5 Å². The predicted octanol–water partition coefficient (Wildman–Crippen LogP) is 6.28. The molecule has 0 unspecified atom stereocenters. The second-order valence-corrected chi connectivity index (χ2v) is 8.98. The van der Waals surface area contributed by atoms with Gasteiger partial charge in [-0.2, -0.15) is 9.78 Å². The molecule has 0 bridgehead atoms. The van der Waals surface area contributed by atoms with Gasteiger partial charge in [0.25, 0.3) is 5.56 Å². The number of aromatic nitrogens is 2. The van der Waals surface area contributed by atoms with E-state index in [0.29, 0.717) is 39.4 Å². The molecule has 0 spiro atoms. The van der Waals surface area contributed by atoms with Gasteiger partial charge in [0, 0.05) is 21.5 Å². The summed E-state index contributed by atoms with van der Waals surface area (Å²) < 4.78 is 27.7. The van der Waals surface area contributed by atoms with Gasteiger partial charge in [-0.1, -0.05) is 54.0 Å². The van der Waals surface area contributed by atoms with Gasteiger partial charge in [-0.3, -0.25) is 4.79 Å². The third kappa shape index (κ3) is 5.27. The minimum atomic E-state index is -0.351. The van der Waals surface area contributed by atoms with E-state index in [9.17, 15) is 9.18 Å². The molecular weight excluding hydrogens is 513 g/mol. The zero-order chi connectivity index (χ0) is 24.9. The Bertz CT molecular complexity index is 1450. The Morgan fingerprint density at radius 1 is 1.17 bits per heavy atom. The summed E-state index contributed by atoms with van der Waals surface area (Å²) in [6.45, 7) is 4.05. The topological polar surface area (TPSA) is 65.7 Å². The fourth-order valence-corrected chi connectivity index (χ4v) is 3.98. The average Bonchev–Trinajstić information content (AvgIpc) is 2.87. The molecule has 6 nitrogen and oxygen atoms in total. The second-order valence-electron chi connectivity index (χ2n) is 8.06. The Morgan fingerprint density at radius 3 is 2.71 bits per heavy atom. The number of hydrogen-bond acceptors (Lipinski definition) is 5. The van der Waals surface area contributed by atoms with Crippen LogP contribution in [0.15, 0.2) is 75.0 Å². The van der Waals surface area contributed by atoms with E-state index in [0.717, 1.165) is 10.9 Å². The third-order valence-electron chi connectivity index (χ3n) is 5.76. The Hall–Kier alpha value is -3.52. The molecule has 0 saturated carbocycles. The molecule has 1 heterocycles. The molecule has 0 aliphatic carbocycles. The van der Waals surface area contributed by atoms with Crippen LogP contribution in [0.2, 0.25) is 0 Å². The van der Waals surface area contributed by atoms with E-state index in [1.807, 2.05) is 26.0 Å². The minimum absolute atomic E-state index is 0.00924. The first-order valence-corrected chi connectivity index (χ1v) is 12.0. The summed E-state index contributed by atoms with van der Waals surface area (Å²) in [6, 6.07) is 17.2. The lowest BCUT2D eigenvalue weighted by Gasteiger charge is -2.15. The van der Waals surface area contributed by atoms with Crippen molar-refractivity contribution in [2.45, 2.75) is 32.8 Å². The molecule has 1 aromatic heterocycles. The molecule has 0 N–H and O–H groups in total. The van der Waals surface area contributed by atoms with Gasteiger partial charge in [0.2, 0.25) is 0 Å². The highest BCUT2D eigenvalue weighted by atomic mass is 79.9. The maximum Gasteiger partial charge on any atom is 0.282 e. The number of halogens is 2. The second kappa shape index (κ2) is 10.8. The van der Waals surface area contributed by atoms with E-state index in [4.69, 9.17) is 14.5 Å². The first-order chi connectivity index (χ1) is 16.9. The van der Waals surface area contributed by atoms with Crippen molar-refractivity contribution in [3.8, 4) is 11.5 Å². The molecule has 180 valence electrons. The molecule has 1 atom stereocenters. The maximum atomic E-state index is 14.1. The highest BCUT2D eigenvalue weighted by molar-refractivity contribution is 9.10. The zero-order valence-electron chi connectivity index (χ0n) is 19.7. The number of methoxy groups -OCH3 is 1. The normalized spacial score (nSPS) is 12.3. The zero-order valence-corrected chi connectivity index (χ0v) is 21.3. The monoisotopic (exact) mass is 537 g/mol. The van der Waals surface area contributed by atoms with Gasteiger partial charge in [-0.25, -0.2) is 9.37 Å². The number of nitrogens with zero attached hydrogens (tertiary/aromatic N) is 3. The smallest absolute Gasteiger partial charge is 0.282 e. The summed E-state index contributed by atoms with van der Waals surface area (Å²) in [6.07, 6.45) is 2.33. The van der Waals surface area contributed by atoms with Crippen molar-refractivity contribution < 1.29 is 13.9 Å². The molecule has 0 fully saturated rings. The van der Waals surface area contributed by atoms with Gasteiger partial charge < -0.3 is 9.47 Å². The Kier molecular flexibility index (Phi) is 7.60. The number of fused-ring (bicyclic) bond motifs is 1. The third-order valence-corrected chi connectivity index (χ3v) is 6.25. The van der Waals surface area contributed by atoms with Crippen molar-refractivity contribution in [1.29, 1.82) is 0 Å². The van der Waals surface area contributed by atoms with Crippen LogP contribution < -0.4 is 15.0 Å². The van der Waals surface area contributed by atoms with Crippen LogP contribution in [0.25, 0.3) is 10.9 Å². The number of rotatable bonds is 8. The fourth-order valence-electron chi connectivity index (χ4n) is 3.61.